The first-order valence-corrected chi connectivity index (χ1v) is 7.53. The number of hydrogen-bond acceptors (Lipinski definition) is 3. The van der Waals surface area contributed by atoms with E-state index in [-0.39, 0.29) is 11.2 Å². The summed E-state index contributed by atoms with van der Waals surface area (Å²) in [7, 11) is -3.41. The maximum atomic E-state index is 12.0. The SMILES string of the molecule is CC(O)c1ccccc1NS(=O)(=O)CC(C)(C)C. The third-order valence-electron chi connectivity index (χ3n) is 2.30. The third-order valence-corrected chi connectivity index (χ3v) is 4.08. The van der Waals surface area contributed by atoms with Gasteiger partial charge in [-0.15, -0.1) is 0 Å². The largest absolute Gasteiger partial charge is 0.389 e. The van der Waals surface area contributed by atoms with E-state index in [0.29, 0.717) is 11.3 Å². The molecule has 0 spiro atoms. The Kier molecular flexibility index (Phi) is 4.40. The molecular formula is C13H21NO3S. The molecule has 2 N–H and O–H groups in total. The second kappa shape index (κ2) is 5.28. The van der Waals surface area contributed by atoms with Crippen molar-refractivity contribution in [3.63, 3.8) is 0 Å². The van der Waals surface area contributed by atoms with E-state index in [0.717, 1.165) is 0 Å². The highest BCUT2D eigenvalue weighted by Gasteiger charge is 2.22. The van der Waals surface area contributed by atoms with Crippen LogP contribution in [0.25, 0.3) is 0 Å². The minimum absolute atomic E-state index is 0.0359. The second-order valence-electron chi connectivity index (χ2n) is 5.69. The fraction of sp³-hybridized carbons (Fsp3) is 0.538. The number of aliphatic hydroxyl groups is 1. The van der Waals surface area contributed by atoms with E-state index in [1.807, 2.05) is 20.8 Å². The molecule has 5 heteroatoms. The van der Waals surface area contributed by atoms with Crippen molar-refractivity contribution in [3.8, 4) is 0 Å². The van der Waals surface area contributed by atoms with E-state index in [4.69, 9.17) is 0 Å². The molecule has 0 radical (unpaired) electrons. The van der Waals surface area contributed by atoms with E-state index in [1.54, 1.807) is 31.2 Å². The van der Waals surface area contributed by atoms with Crippen LogP contribution in [0.15, 0.2) is 24.3 Å². The Morgan fingerprint density at radius 3 is 2.33 bits per heavy atom. The standard InChI is InChI=1S/C13H21NO3S/c1-10(15)11-7-5-6-8-12(11)14-18(16,17)9-13(2,3)4/h5-8,10,14-15H,9H2,1-4H3. The van der Waals surface area contributed by atoms with Crippen LogP contribution in [0.3, 0.4) is 0 Å². The van der Waals surface area contributed by atoms with Crippen molar-refractivity contribution in [2.24, 2.45) is 5.41 Å². The number of rotatable bonds is 4. The van der Waals surface area contributed by atoms with Gasteiger partial charge < -0.3 is 5.11 Å². The van der Waals surface area contributed by atoms with Crippen molar-refractivity contribution in [1.82, 2.24) is 0 Å². The summed E-state index contributed by atoms with van der Waals surface area (Å²) in [6, 6.07) is 6.87. The first kappa shape index (κ1) is 15.0. The molecule has 1 atom stereocenters. The normalized spacial score (nSPS) is 14.3. The summed E-state index contributed by atoms with van der Waals surface area (Å²) in [6.45, 7) is 7.21. The summed E-state index contributed by atoms with van der Waals surface area (Å²) < 4.78 is 26.5. The Balaban J connectivity index is 2.98. The van der Waals surface area contributed by atoms with Crippen LogP contribution in [-0.4, -0.2) is 19.3 Å². The molecule has 0 aromatic heterocycles. The van der Waals surface area contributed by atoms with Crippen molar-refractivity contribution < 1.29 is 13.5 Å². The Morgan fingerprint density at radius 2 is 1.83 bits per heavy atom. The van der Waals surface area contributed by atoms with Gasteiger partial charge in [0.15, 0.2) is 0 Å². The molecule has 18 heavy (non-hydrogen) atoms. The third kappa shape index (κ3) is 4.66. The summed E-state index contributed by atoms with van der Waals surface area (Å²) in [5.74, 6) is 0.0359. The van der Waals surface area contributed by atoms with Gasteiger partial charge in [0.2, 0.25) is 10.0 Å². The zero-order chi connectivity index (χ0) is 14.0. The molecule has 1 unspecified atom stereocenters. The predicted octanol–water partition coefficient (Wildman–Crippen LogP) is 2.53. The minimum Gasteiger partial charge on any atom is -0.389 e. The number of para-hydroxylation sites is 1. The van der Waals surface area contributed by atoms with E-state index in [2.05, 4.69) is 4.72 Å². The highest BCUT2D eigenvalue weighted by atomic mass is 32.2. The van der Waals surface area contributed by atoms with Crippen LogP contribution in [0, 0.1) is 5.41 Å². The molecule has 0 heterocycles. The van der Waals surface area contributed by atoms with E-state index in [1.165, 1.54) is 0 Å². The van der Waals surface area contributed by atoms with Crippen molar-refractivity contribution in [2.45, 2.75) is 33.8 Å². The van der Waals surface area contributed by atoms with Gasteiger partial charge in [0.25, 0.3) is 0 Å². The average molecular weight is 271 g/mol. The number of benzene rings is 1. The van der Waals surface area contributed by atoms with Crippen molar-refractivity contribution >= 4 is 15.7 Å². The first-order chi connectivity index (χ1) is 8.11. The zero-order valence-electron chi connectivity index (χ0n) is 11.3. The molecule has 4 nitrogen and oxygen atoms in total. The average Bonchev–Trinajstić information content (AvgIpc) is 2.13. The molecule has 0 fully saturated rings. The summed E-state index contributed by atoms with van der Waals surface area (Å²) in [5, 5.41) is 9.60. The number of aliphatic hydroxyl groups excluding tert-OH is 1. The molecule has 0 aliphatic rings. The summed E-state index contributed by atoms with van der Waals surface area (Å²) >= 11 is 0. The summed E-state index contributed by atoms with van der Waals surface area (Å²) in [4.78, 5) is 0. The maximum absolute atomic E-state index is 12.0. The van der Waals surface area contributed by atoms with Crippen LogP contribution in [0.5, 0.6) is 0 Å². The molecule has 102 valence electrons. The smallest absolute Gasteiger partial charge is 0.233 e. The molecule has 0 aliphatic heterocycles. The fourth-order valence-corrected chi connectivity index (χ4v) is 3.46. The minimum atomic E-state index is -3.41. The quantitative estimate of drug-likeness (QED) is 0.884. The van der Waals surface area contributed by atoms with Crippen LogP contribution in [0.2, 0.25) is 0 Å². The van der Waals surface area contributed by atoms with Gasteiger partial charge in [0, 0.05) is 5.56 Å². The van der Waals surface area contributed by atoms with Crippen LogP contribution in [0.4, 0.5) is 5.69 Å². The Hall–Kier alpha value is -1.07. The van der Waals surface area contributed by atoms with Gasteiger partial charge in [-0.25, -0.2) is 8.42 Å². The van der Waals surface area contributed by atoms with Gasteiger partial charge in [-0.2, -0.15) is 0 Å². The van der Waals surface area contributed by atoms with Gasteiger partial charge in [-0.1, -0.05) is 39.0 Å². The molecule has 1 aromatic carbocycles. The van der Waals surface area contributed by atoms with E-state index in [9.17, 15) is 13.5 Å². The second-order valence-corrected chi connectivity index (χ2v) is 7.41. The lowest BCUT2D eigenvalue weighted by molar-refractivity contribution is 0.200. The molecule has 0 bridgehead atoms. The maximum Gasteiger partial charge on any atom is 0.233 e. The topological polar surface area (TPSA) is 66.4 Å². The van der Waals surface area contributed by atoms with Gasteiger partial charge in [-0.05, 0) is 18.4 Å². The van der Waals surface area contributed by atoms with E-state index >= 15 is 0 Å². The Labute approximate surface area is 109 Å². The van der Waals surface area contributed by atoms with Crippen molar-refractivity contribution in [2.75, 3.05) is 10.5 Å². The van der Waals surface area contributed by atoms with Crippen molar-refractivity contribution in [1.29, 1.82) is 0 Å². The summed E-state index contributed by atoms with van der Waals surface area (Å²) in [5.41, 5.74) is 0.706. The number of sulfonamides is 1. The van der Waals surface area contributed by atoms with E-state index < -0.39 is 16.1 Å². The lowest BCUT2D eigenvalue weighted by Crippen LogP contribution is -2.26. The summed E-state index contributed by atoms with van der Waals surface area (Å²) in [6.07, 6.45) is -0.710. The fourth-order valence-electron chi connectivity index (χ4n) is 1.73. The zero-order valence-corrected chi connectivity index (χ0v) is 12.1. The van der Waals surface area contributed by atoms with Gasteiger partial charge in [0.1, 0.15) is 0 Å². The van der Waals surface area contributed by atoms with Crippen LogP contribution in [-0.2, 0) is 10.0 Å². The molecule has 0 saturated heterocycles. The van der Waals surface area contributed by atoms with Crippen LogP contribution < -0.4 is 4.72 Å². The number of anilines is 1. The van der Waals surface area contributed by atoms with Gasteiger partial charge in [0.05, 0.1) is 17.5 Å². The molecule has 0 aliphatic carbocycles. The predicted molar refractivity (Wildman–Crippen MR) is 73.9 cm³/mol. The highest BCUT2D eigenvalue weighted by molar-refractivity contribution is 7.92. The number of nitrogens with one attached hydrogen (secondary N) is 1. The first-order valence-electron chi connectivity index (χ1n) is 5.88. The molecule has 0 amide bonds. The number of hydrogen-bond donors (Lipinski definition) is 2. The lowest BCUT2D eigenvalue weighted by Gasteiger charge is -2.20. The Bertz CT molecular complexity index is 501. The van der Waals surface area contributed by atoms with Crippen LogP contribution in [0.1, 0.15) is 39.4 Å². The van der Waals surface area contributed by atoms with Gasteiger partial charge in [-0.3, -0.25) is 4.72 Å². The van der Waals surface area contributed by atoms with Crippen LogP contribution >= 0.6 is 0 Å². The molecule has 0 saturated carbocycles. The Morgan fingerprint density at radius 1 is 1.28 bits per heavy atom. The molecular weight excluding hydrogens is 250 g/mol. The lowest BCUT2D eigenvalue weighted by atomic mass is 10.0. The molecule has 1 aromatic rings. The van der Waals surface area contributed by atoms with Crippen molar-refractivity contribution in [3.05, 3.63) is 29.8 Å². The monoisotopic (exact) mass is 271 g/mol. The molecule has 1 rings (SSSR count). The van der Waals surface area contributed by atoms with Gasteiger partial charge >= 0.3 is 0 Å². The highest BCUT2D eigenvalue weighted by Crippen LogP contribution is 2.25.